The summed E-state index contributed by atoms with van der Waals surface area (Å²) in [5.74, 6) is -0.138. The number of benzene rings is 1. The van der Waals surface area contributed by atoms with Gasteiger partial charge in [-0.1, -0.05) is 12.1 Å². The second-order valence-electron chi connectivity index (χ2n) is 5.29. The summed E-state index contributed by atoms with van der Waals surface area (Å²) in [6, 6.07) is 11.6. The van der Waals surface area contributed by atoms with Crippen molar-refractivity contribution in [2.24, 2.45) is 0 Å². The van der Waals surface area contributed by atoms with Crippen LogP contribution in [0, 0.1) is 20.8 Å². The summed E-state index contributed by atoms with van der Waals surface area (Å²) < 4.78 is 1.93. The molecule has 0 radical (unpaired) electrons. The summed E-state index contributed by atoms with van der Waals surface area (Å²) in [5, 5.41) is 2.92. The van der Waals surface area contributed by atoms with Gasteiger partial charge >= 0.3 is 0 Å². The highest BCUT2D eigenvalue weighted by Gasteiger charge is 2.14. The van der Waals surface area contributed by atoms with Crippen LogP contribution in [0.3, 0.4) is 0 Å². The van der Waals surface area contributed by atoms with Crippen molar-refractivity contribution in [3.63, 3.8) is 0 Å². The van der Waals surface area contributed by atoms with Crippen molar-refractivity contribution in [3.05, 3.63) is 65.1 Å². The largest absolute Gasteiger partial charge is 0.322 e. The van der Waals surface area contributed by atoms with E-state index in [0.29, 0.717) is 11.2 Å². The predicted octanol–water partition coefficient (Wildman–Crippen LogP) is 3.51. The fourth-order valence-electron chi connectivity index (χ4n) is 2.49. The van der Waals surface area contributed by atoms with Crippen LogP contribution in [0.15, 0.2) is 42.6 Å². The maximum atomic E-state index is 12.5. The number of aromatic nitrogens is 2. The zero-order chi connectivity index (χ0) is 15.0. The first kappa shape index (κ1) is 13.4. The highest BCUT2D eigenvalue weighted by atomic mass is 16.1. The number of hydrogen-bond donors (Lipinski definition) is 1. The molecule has 0 aliphatic rings. The van der Waals surface area contributed by atoms with Gasteiger partial charge in [-0.2, -0.15) is 0 Å². The van der Waals surface area contributed by atoms with Crippen molar-refractivity contribution in [1.29, 1.82) is 0 Å². The lowest BCUT2D eigenvalue weighted by molar-refractivity contribution is 0.102. The first-order chi connectivity index (χ1) is 10.0. The third-order valence-corrected chi connectivity index (χ3v) is 3.46. The summed E-state index contributed by atoms with van der Waals surface area (Å²) >= 11 is 0. The normalized spacial score (nSPS) is 10.8. The minimum absolute atomic E-state index is 0.138. The lowest BCUT2D eigenvalue weighted by atomic mass is 10.2. The monoisotopic (exact) mass is 279 g/mol. The van der Waals surface area contributed by atoms with Crippen LogP contribution in [0.5, 0.6) is 0 Å². The molecule has 0 aliphatic carbocycles. The second-order valence-corrected chi connectivity index (χ2v) is 5.29. The zero-order valence-electron chi connectivity index (χ0n) is 12.3. The molecule has 0 unspecified atom stereocenters. The summed E-state index contributed by atoms with van der Waals surface area (Å²) in [4.78, 5) is 16.9. The van der Waals surface area contributed by atoms with Crippen molar-refractivity contribution in [2.75, 3.05) is 5.32 Å². The Labute approximate surface area is 123 Å². The SMILES string of the molecule is Cc1cccc(NC(=O)c2ccn3c(C)cc(C)nc23)c1. The van der Waals surface area contributed by atoms with Gasteiger partial charge in [0.2, 0.25) is 0 Å². The van der Waals surface area contributed by atoms with E-state index in [0.717, 1.165) is 22.6 Å². The fourth-order valence-corrected chi connectivity index (χ4v) is 2.49. The molecule has 1 aromatic carbocycles. The molecule has 2 heterocycles. The first-order valence-corrected chi connectivity index (χ1v) is 6.88. The Bertz CT molecular complexity index is 833. The standard InChI is InChI=1S/C17H17N3O/c1-11-5-4-6-14(9-11)19-17(21)15-7-8-20-13(3)10-12(2)18-16(15)20/h4-10H,1-3H3,(H,19,21). The maximum absolute atomic E-state index is 12.5. The third-order valence-electron chi connectivity index (χ3n) is 3.46. The van der Waals surface area contributed by atoms with Crippen molar-refractivity contribution in [3.8, 4) is 0 Å². The molecule has 2 aromatic heterocycles. The molecule has 3 aromatic rings. The van der Waals surface area contributed by atoms with Crippen LogP contribution in [0.25, 0.3) is 5.65 Å². The Balaban J connectivity index is 1.99. The molecule has 0 fully saturated rings. The van der Waals surface area contributed by atoms with Crippen LogP contribution in [0.4, 0.5) is 5.69 Å². The molecule has 3 rings (SSSR count). The van der Waals surface area contributed by atoms with Crippen LogP contribution >= 0.6 is 0 Å². The average molecular weight is 279 g/mol. The number of nitrogens with one attached hydrogen (secondary N) is 1. The van der Waals surface area contributed by atoms with E-state index in [2.05, 4.69) is 10.3 Å². The lowest BCUT2D eigenvalue weighted by Crippen LogP contribution is -2.12. The minimum Gasteiger partial charge on any atom is -0.322 e. The average Bonchev–Trinajstić information content (AvgIpc) is 2.82. The molecule has 106 valence electrons. The summed E-state index contributed by atoms with van der Waals surface area (Å²) in [7, 11) is 0. The number of anilines is 1. The number of fused-ring (bicyclic) bond motifs is 1. The van der Waals surface area contributed by atoms with E-state index in [4.69, 9.17) is 0 Å². The van der Waals surface area contributed by atoms with Crippen LogP contribution < -0.4 is 5.32 Å². The van der Waals surface area contributed by atoms with Gasteiger partial charge in [0, 0.05) is 23.3 Å². The number of carbonyl (C=O) groups is 1. The molecule has 4 heteroatoms. The number of aryl methyl sites for hydroxylation is 3. The topological polar surface area (TPSA) is 46.4 Å². The molecule has 1 N–H and O–H groups in total. The van der Waals surface area contributed by atoms with E-state index in [1.807, 2.05) is 61.7 Å². The van der Waals surface area contributed by atoms with Crippen LogP contribution in [-0.4, -0.2) is 15.3 Å². The van der Waals surface area contributed by atoms with E-state index in [1.165, 1.54) is 0 Å². The molecule has 21 heavy (non-hydrogen) atoms. The van der Waals surface area contributed by atoms with E-state index in [1.54, 1.807) is 6.07 Å². The van der Waals surface area contributed by atoms with Gasteiger partial charge in [0.1, 0.15) is 5.65 Å². The second kappa shape index (κ2) is 5.05. The minimum atomic E-state index is -0.138. The molecular weight excluding hydrogens is 262 g/mol. The number of carbonyl (C=O) groups excluding carboxylic acids is 1. The van der Waals surface area contributed by atoms with Gasteiger partial charge < -0.3 is 9.72 Å². The number of hydrogen-bond acceptors (Lipinski definition) is 2. The van der Waals surface area contributed by atoms with Crippen molar-refractivity contribution < 1.29 is 4.79 Å². The van der Waals surface area contributed by atoms with Crippen molar-refractivity contribution in [1.82, 2.24) is 9.38 Å². The van der Waals surface area contributed by atoms with Gasteiger partial charge in [-0.3, -0.25) is 4.79 Å². The van der Waals surface area contributed by atoms with Crippen LogP contribution in [0.1, 0.15) is 27.3 Å². The van der Waals surface area contributed by atoms with Gasteiger partial charge in [-0.15, -0.1) is 0 Å². The molecule has 0 bridgehead atoms. The highest BCUT2D eigenvalue weighted by Crippen LogP contribution is 2.17. The van der Waals surface area contributed by atoms with Crippen LogP contribution in [0.2, 0.25) is 0 Å². The molecule has 0 saturated carbocycles. The number of amides is 1. The summed E-state index contributed by atoms with van der Waals surface area (Å²) in [6.45, 7) is 5.93. The van der Waals surface area contributed by atoms with E-state index in [9.17, 15) is 4.79 Å². The number of rotatable bonds is 2. The van der Waals surface area contributed by atoms with Crippen LogP contribution in [-0.2, 0) is 0 Å². The molecule has 0 saturated heterocycles. The predicted molar refractivity (Wildman–Crippen MR) is 83.8 cm³/mol. The smallest absolute Gasteiger partial charge is 0.259 e. The quantitative estimate of drug-likeness (QED) is 0.780. The Morgan fingerprint density at radius 2 is 1.95 bits per heavy atom. The molecule has 0 spiro atoms. The Kier molecular flexibility index (Phi) is 3.22. The maximum Gasteiger partial charge on any atom is 0.259 e. The number of nitrogens with zero attached hydrogens (tertiary/aromatic N) is 2. The molecule has 1 amide bonds. The van der Waals surface area contributed by atoms with E-state index in [-0.39, 0.29) is 5.91 Å². The van der Waals surface area contributed by atoms with E-state index >= 15 is 0 Å². The zero-order valence-corrected chi connectivity index (χ0v) is 12.3. The lowest BCUT2D eigenvalue weighted by Gasteiger charge is -2.06. The summed E-state index contributed by atoms with van der Waals surface area (Å²) in [6.07, 6.45) is 1.88. The Morgan fingerprint density at radius 3 is 2.71 bits per heavy atom. The Morgan fingerprint density at radius 1 is 1.14 bits per heavy atom. The van der Waals surface area contributed by atoms with Gasteiger partial charge in [-0.25, -0.2) is 4.98 Å². The molecule has 4 nitrogen and oxygen atoms in total. The Hall–Kier alpha value is -2.62. The highest BCUT2D eigenvalue weighted by molar-refractivity contribution is 6.08. The van der Waals surface area contributed by atoms with Crippen molar-refractivity contribution in [2.45, 2.75) is 20.8 Å². The molecule has 0 aliphatic heterocycles. The first-order valence-electron chi connectivity index (χ1n) is 6.88. The van der Waals surface area contributed by atoms with Gasteiger partial charge in [-0.05, 0) is 50.6 Å². The van der Waals surface area contributed by atoms with E-state index < -0.39 is 0 Å². The van der Waals surface area contributed by atoms with Crippen molar-refractivity contribution >= 4 is 17.2 Å². The molecular formula is C17H17N3O. The fraction of sp³-hybridized carbons (Fsp3) is 0.176. The van der Waals surface area contributed by atoms with Gasteiger partial charge in [0.15, 0.2) is 0 Å². The van der Waals surface area contributed by atoms with Gasteiger partial charge in [0.05, 0.1) is 5.56 Å². The summed E-state index contributed by atoms with van der Waals surface area (Å²) in [5.41, 5.74) is 5.15. The third kappa shape index (κ3) is 2.52. The van der Waals surface area contributed by atoms with Gasteiger partial charge in [0.25, 0.3) is 5.91 Å². The molecule has 0 atom stereocenters.